The van der Waals surface area contributed by atoms with Crippen LogP contribution < -0.4 is 5.32 Å². The number of nitrogens with one attached hydrogen (secondary N) is 1. The van der Waals surface area contributed by atoms with Crippen molar-refractivity contribution < 1.29 is 18.4 Å². The van der Waals surface area contributed by atoms with E-state index in [0.29, 0.717) is 17.0 Å². The molecule has 4 heterocycles. The zero-order chi connectivity index (χ0) is 23.3. The smallest absolute Gasteiger partial charge is 0.248 e. The van der Waals surface area contributed by atoms with E-state index < -0.39 is 6.04 Å². The predicted molar refractivity (Wildman–Crippen MR) is 124 cm³/mol. The molecule has 1 aromatic carbocycles. The van der Waals surface area contributed by atoms with E-state index in [1.54, 1.807) is 41.5 Å². The van der Waals surface area contributed by atoms with Crippen molar-refractivity contribution in [3.63, 3.8) is 0 Å². The lowest BCUT2D eigenvalue weighted by Gasteiger charge is -2.29. The molecule has 5 aromatic rings. The first-order valence-electron chi connectivity index (χ1n) is 10.6. The Hall–Kier alpha value is -4.18. The van der Waals surface area contributed by atoms with Crippen molar-refractivity contribution in [1.82, 2.24) is 25.2 Å². The van der Waals surface area contributed by atoms with Crippen molar-refractivity contribution in [2.45, 2.75) is 25.7 Å². The minimum absolute atomic E-state index is 0.0748. The maximum atomic E-state index is 13.7. The van der Waals surface area contributed by atoms with Crippen LogP contribution in [0.15, 0.2) is 87.4 Å². The Morgan fingerprint density at radius 2 is 1.79 bits per heavy atom. The van der Waals surface area contributed by atoms with Crippen LogP contribution in [0, 0.1) is 0 Å². The summed E-state index contributed by atoms with van der Waals surface area (Å²) in [5, 5.41) is 13.0. The molecule has 9 nitrogen and oxygen atoms in total. The van der Waals surface area contributed by atoms with E-state index in [2.05, 4.69) is 15.6 Å². The topological polar surface area (TPSA) is 106 Å². The van der Waals surface area contributed by atoms with Crippen LogP contribution in [0.3, 0.4) is 0 Å². The summed E-state index contributed by atoms with van der Waals surface area (Å²) < 4.78 is 12.4. The zero-order valence-corrected chi connectivity index (χ0v) is 18.9. The summed E-state index contributed by atoms with van der Waals surface area (Å²) in [5.41, 5.74) is 1.43. The summed E-state index contributed by atoms with van der Waals surface area (Å²) in [7, 11) is 0. The summed E-state index contributed by atoms with van der Waals surface area (Å²) in [6, 6.07) is 17.3. The first kappa shape index (κ1) is 21.7. The molecule has 10 heteroatoms. The highest BCUT2D eigenvalue weighted by Crippen LogP contribution is 2.28. The fourth-order valence-electron chi connectivity index (χ4n) is 3.70. The summed E-state index contributed by atoms with van der Waals surface area (Å²) in [5.74, 6) is 0.578. The monoisotopic (exact) mass is 475 g/mol. The predicted octanol–water partition coefficient (Wildman–Crippen LogP) is 3.77. The standard InChI is InChI=1S/C24H21N5O4S/c30-22(16-29-20-9-2-1-8-19(20)26-27-29)28(15-18-7-4-12-33-18)23(21-10-5-13-34-21)24(31)25-14-17-6-3-11-32-17/h1-13,23H,14-16H2,(H,25,31)/t23-/m1/s1. The molecule has 4 aromatic heterocycles. The van der Waals surface area contributed by atoms with Gasteiger partial charge in [-0.25, -0.2) is 4.68 Å². The number of rotatable bonds is 9. The Balaban J connectivity index is 1.45. The number of furan rings is 2. The Morgan fingerprint density at radius 3 is 2.53 bits per heavy atom. The van der Waals surface area contributed by atoms with Crippen LogP contribution in [0.2, 0.25) is 0 Å². The highest BCUT2D eigenvalue weighted by atomic mass is 32.1. The molecule has 0 aliphatic heterocycles. The van der Waals surface area contributed by atoms with E-state index in [-0.39, 0.29) is 31.4 Å². The van der Waals surface area contributed by atoms with Gasteiger partial charge in [-0.05, 0) is 47.8 Å². The molecule has 2 amide bonds. The maximum absolute atomic E-state index is 13.7. The SMILES string of the molecule is O=C(NCc1ccco1)[C@@H](c1cccs1)N(Cc1ccco1)C(=O)Cn1nnc2ccccc21. The Kier molecular flexibility index (Phi) is 6.21. The van der Waals surface area contributed by atoms with Crippen molar-refractivity contribution in [2.24, 2.45) is 0 Å². The summed E-state index contributed by atoms with van der Waals surface area (Å²) in [6.07, 6.45) is 3.09. The molecule has 1 atom stereocenters. The van der Waals surface area contributed by atoms with Gasteiger partial charge in [0, 0.05) is 4.88 Å². The molecule has 0 saturated carbocycles. The van der Waals surface area contributed by atoms with Gasteiger partial charge < -0.3 is 19.1 Å². The van der Waals surface area contributed by atoms with Crippen molar-refractivity contribution in [2.75, 3.05) is 0 Å². The summed E-state index contributed by atoms with van der Waals surface area (Å²) >= 11 is 1.41. The molecule has 0 spiro atoms. The van der Waals surface area contributed by atoms with Crippen LogP contribution in [0.4, 0.5) is 0 Å². The van der Waals surface area contributed by atoms with Crippen LogP contribution in [-0.4, -0.2) is 31.7 Å². The van der Waals surface area contributed by atoms with E-state index in [9.17, 15) is 9.59 Å². The molecule has 0 unspecified atom stereocenters. The number of carbonyl (C=O) groups excluding carboxylic acids is 2. The molecule has 5 rings (SSSR count). The minimum Gasteiger partial charge on any atom is -0.467 e. The van der Waals surface area contributed by atoms with Gasteiger partial charge in [-0.3, -0.25) is 9.59 Å². The maximum Gasteiger partial charge on any atom is 0.248 e. The van der Waals surface area contributed by atoms with Gasteiger partial charge in [0.05, 0.1) is 31.1 Å². The van der Waals surface area contributed by atoms with Gasteiger partial charge in [0.25, 0.3) is 0 Å². The lowest BCUT2D eigenvalue weighted by molar-refractivity contribution is -0.142. The van der Waals surface area contributed by atoms with Gasteiger partial charge in [0.2, 0.25) is 11.8 Å². The molecule has 0 aliphatic rings. The fraction of sp³-hybridized carbons (Fsp3) is 0.167. The lowest BCUT2D eigenvalue weighted by atomic mass is 10.1. The highest BCUT2D eigenvalue weighted by molar-refractivity contribution is 7.10. The number of carbonyl (C=O) groups is 2. The second-order valence-corrected chi connectivity index (χ2v) is 8.53. The Bertz CT molecular complexity index is 1360. The summed E-state index contributed by atoms with van der Waals surface area (Å²) in [6.45, 7) is 0.258. The Labute approximate surface area is 198 Å². The number of thiophene rings is 1. The number of aromatic nitrogens is 3. The number of amides is 2. The molecule has 1 N–H and O–H groups in total. The molecule has 0 bridgehead atoms. The fourth-order valence-corrected chi connectivity index (χ4v) is 4.54. The average molecular weight is 476 g/mol. The van der Waals surface area contributed by atoms with E-state index in [0.717, 1.165) is 10.4 Å². The van der Waals surface area contributed by atoms with Crippen molar-refractivity contribution in [3.8, 4) is 0 Å². The lowest BCUT2D eigenvalue weighted by Crippen LogP contribution is -2.44. The van der Waals surface area contributed by atoms with Gasteiger partial charge in [0.15, 0.2) is 0 Å². The number of hydrogen-bond acceptors (Lipinski definition) is 7. The van der Waals surface area contributed by atoms with Crippen LogP contribution >= 0.6 is 11.3 Å². The minimum atomic E-state index is -0.859. The molecular formula is C24H21N5O4S. The van der Waals surface area contributed by atoms with Gasteiger partial charge in [-0.15, -0.1) is 16.4 Å². The van der Waals surface area contributed by atoms with Crippen molar-refractivity contribution >= 4 is 34.2 Å². The largest absolute Gasteiger partial charge is 0.467 e. The van der Waals surface area contributed by atoms with E-state index in [1.165, 1.54) is 16.2 Å². The summed E-state index contributed by atoms with van der Waals surface area (Å²) in [4.78, 5) is 29.3. The molecule has 0 saturated heterocycles. The first-order chi connectivity index (χ1) is 16.7. The number of para-hydroxylation sites is 1. The molecule has 0 fully saturated rings. The number of hydrogen-bond donors (Lipinski definition) is 1. The molecule has 34 heavy (non-hydrogen) atoms. The second-order valence-electron chi connectivity index (χ2n) is 7.55. The molecule has 172 valence electrons. The molecule has 0 radical (unpaired) electrons. The number of fused-ring (bicyclic) bond motifs is 1. The van der Waals surface area contributed by atoms with Gasteiger partial charge in [-0.2, -0.15) is 0 Å². The van der Waals surface area contributed by atoms with Crippen LogP contribution in [0.5, 0.6) is 0 Å². The third kappa shape index (κ3) is 4.62. The molecule has 0 aliphatic carbocycles. The van der Waals surface area contributed by atoms with E-state index in [4.69, 9.17) is 8.83 Å². The van der Waals surface area contributed by atoms with Gasteiger partial charge >= 0.3 is 0 Å². The van der Waals surface area contributed by atoms with Crippen LogP contribution in [0.25, 0.3) is 11.0 Å². The van der Waals surface area contributed by atoms with Crippen LogP contribution in [-0.2, 0) is 29.2 Å². The van der Waals surface area contributed by atoms with Crippen molar-refractivity contribution in [1.29, 1.82) is 0 Å². The average Bonchev–Trinajstić information content (AvgIpc) is 3.66. The van der Waals surface area contributed by atoms with Gasteiger partial charge in [0.1, 0.15) is 29.6 Å². The quantitative estimate of drug-likeness (QED) is 0.348. The van der Waals surface area contributed by atoms with Gasteiger partial charge in [-0.1, -0.05) is 23.4 Å². The highest BCUT2D eigenvalue weighted by Gasteiger charge is 2.33. The van der Waals surface area contributed by atoms with Crippen LogP contribution in [0.1, 0.15) is 22.4 Å². The third-order valence-corrected chi connectivity index (χ3v) is 6.25. The normalized spacial score (nSPS) is 12.0. The third-order valence-electron chi connectivity index (χ3n) is 5.32. The van der Waals surface area contributed by atoms with E-state index in [1.807, 2.05) is 41.8 Å². The first-order valence-corrected chi connectivity index (χ1v) is 11.5. The Morgan fingerprint density at radius 1 is 1.00 bits per heavy atom. The number of benzene rings is 1. The zero-order valence-electron chi connectivity index (χ0n) is 18.0. The second kappa shape index (κ2) is 9.75. The van der Waals surface area contributed by atoms with Crippen molar-refractivity contribution in [3.05, 3.63) is 95.0 Å². The molecular weight excluding hydrogens is 454 g/mol. The number of nitrogens with zero attached hydrogens (tertiary/aromatic N) is 4. The van der Waals surface area contributed by atoms with E-state index >= 15 is 0 Å².